The number of phenols is 2. The smallest absolute Gasteiger partial charge is 0.193 e. The van der Waals surface area contributed by atoms with Crippen molar-refractivity contribution in [3.05, 3.63) is 87.0 Å². The van der Waals surface area contributed by atoms with Gasteiger partial charge < -0.3 is 14.8 Å². The van der Waals surface area contributed by atoms with Crippen molar-refractivity contribution in [3.63, 3.8) is 0 Å². The number of fused-ring (bicyclic) bond motifs is 1. The topological polar surface area (TPSA) is 75.3 Å². The highest BCUT2D eigenvalue weighted by Crippen LogP contribution is 2.40. The van der Waals surface area contributed by atoms with Crippen LogP contribution in [0.1, 0.15) is 41.4 Å². The average Bonchev–Trinajstić information content (AvgIpc) is 3.56. The summed E-state index contributed by atoms with van der Waals surface area (Å²) in [6, 6.07) is 8.52. The number of phenolic OH excluding ortho intramolecular Hbond substituents is 2. The van der Waals surface area contributed by atoms with Gasteiger partial charge in [-0.15, -0.1) is 0 Å². The summed E-state index contributed by atoms with van der Waals surface area (Å²) in [5, 5.41) is 19.6. The van der Waals surface area contributed by atoms with E-state index in [2.05, 4.69) is 4.98 Å². The molecule has 33 heavy (non-hydrogen) atoms. The second-order valence-electron chi connectivity index (χ2n) is 8.69. The zero-order chi connectivity index (χ0) is 23.4. The van der Waals surface area contributed by atoms with E-state index in [-0.39, 0.29) is 40.4 Å². The molecule has 1 aliphatic carbocycles. The van der Waals surface area contributed by atoms with Crippen LogP contribution in [0.4, 0.5) is 8.78 Å². The summed E-state index contributed by atoms with van der Waals surface area (Å²) < 4.78 is 32.9. The molecule has 1 saturated carbocycles. The van der Waals surface area contributed by atoms with Gasteiger partial charge in [0.15, 0.2) is 11.2 Å². The van der Waals surface area contributed by atoms with Crippen molar-refractivity contribution in [1.82, 2.24) is 9.55 Å². The van der Waals surface area contributed by atoms with Gasteiger partial charge in [-0.05, 0) is 62.1 Å². The molecule has 2 heterocycles. The Morgan fingerprint density at radius 2 is 1.73 bits per heavy atom. The van der Waals surface area contributed by atoms with Gasteiger partial charge in [-0.3, -0.25) is 9.78 Å². The Balaban J connectivity index is 1.75. The third kappa shape index (κ3) is 3.73. The van der Waals surface area contributed by atoms with E-state index in [4.69, 9.17) is 0 Å². The second kappa shape index (κ2) is 7.69. The Labute approximate surface area is 188 Å². The molecule has 0 bridgehead atoms. The number of aromatic hydroxyl groups is 2. The second-order valence-corrected chi connectivity index (χ2v) is 8.69. The standard InChI is InChI=1S/C26H22F2N2O3/c1-13-7-16(8-14(2)29-13)23-21(27)11-20-25(24(23)28)30(18-4-5-18)12-17(26(20)33)9-15-3-6-19(31)10-22(15)32/h3,6-8,10-12,18,31-32H,4-5,9H2,1-2H3. The van der Waals surface area contributed by atoms with Gasteiger partial charge in [-0.1, -0.05) is 6.07 Å². The van der Waals surface area contributed by atoms with Gasteiger partial charge in [0.05, 0.1) is 16.5 Å². The molecule has 0 aliphatic heterocycles. The van der Waals surface area contributed by atoms with E-state index in [1.807, 2.05) is 0 Å². The molecule has 0 unspecified atom stereocenters. The Bertz CT molecular complexity index is 1470. The SMILES string of the molecule is Cc1cc(-c2c(F)cc3c(=O)c(Cc4ccc(O)cc4O)cn(C4CC4)c3c2F)cc(C)n1. The summed E-state index contributed by atoms with van der Waals surface area (Å²) in [5.41, 5.74) is 1.86. The maximum Gasteiger partial charge on any atom is 0.193 e. The molecule has 0 spiro atoms. The van der Waals surface area contributed by atoms with Crippen LogP contribution in [0.3, 0.4) is 0 Å². The van der Waals surface area contributed by atoms with Crippen LogP contribution in [0.25, 0.3) is 22.0 Å². The molecular weight excluding hydrogens is 426 g/mol. The van der Waals surface area contributed by atoms with Gasteiger partial charge in [0.2, 0.25) is 0 Å². The molecule has 168 valence electrons. The summed E-state index contributed by atoms with van der Waals surface area (Å²) in [5.74, 6) is -1.82. The van der Waals surface area contributed by atoms with Crippen LogP contribution in [0, 0.1) is 25.5 Å². The van der Waals surface area contributed by atoms with Gasteiger partial charge in [0.1, 0.15) is 17.3 Å². The van der Waals surface area contributed by atoms with Gasteiger partial charge in [-0.2, -0.15) is 0 Å². The van der Waals surface area contributed by atoms with Crippen LogP contribution in [0.5, 0.6) is 11.5 Å². The third-order valence-corrected chi connectivity index (χ3v) is 6.04. The van der Waals surface area contributed by atoms with Crippen LogP contribution in [-0.4, -0.2) is 19.8 Å². The molecule has 1 aliphatic rings. The van der Waals surface area contributed by atoms with Crippen LogP contribution in [-0.2, 0) is 6.42 Å². The van der Waals surface area contributed by atoms with Gasteiger partial charge in [-0.25, -0.2) is 8.78 Å². The lowest BCUT2D eigenvalue weighted by Gasteiger charge is -2.17. The zero-order valence-corrected chi connectivity index (χ0v) is 18.2. The Kier molecular flexibility index (Phi) is 4.92. The number of halogens is 2. The summed E-state index contributed by atoms with van der Waals surface area (Å²) in [6.45, 7) is 3.52. The first-order valence-corrected chi connectivity index (χ1v) is 10.7. The first kappa shape index (κ1) is 21.1. The van der Waals surface area contributed by atoms with E-state index in [1.54, 1.807) is 36.7 Å². The van der Waals surface area contributed by atoms with Crippen LogP contribution in [0.2, 0.25) is 0 Å². The maximum atomic E-state index is 15.9. The maximum absolute atomic E-state index is 15.9. The fraction of sp³-hybridized carbons (Fsp3) is 0.231. The van der Waals surface area contributed by atoms with E-state index in [1.165, 1.54) is 18.2 Å². The summed E-state index contributed by atoms with van der Waals surface area (Å²) >= 11 is 0. The van der Waals surface area contributed by atoms with Crippen molar-refractivity contribution >= 4 is 10.9 Å². The van der Waals surface area contributed by atoms with Crippen molar-refractivity contribution in [2.24, 2.45) is 0 Å². The van der Waals surface area contributed by atoms with Gasteiger partial charge in [0, 0.05) is 41.7 Å². The van der Waals surface area contributed by atoms with Crippen LogP contribution < -0.4 is 5.43 Å². The van der Waals surface area contributed by atoms with Gasteiger partial charge in [0.25, 0.3) is 0 Å². The highest BCUT2D eigenvalue weighted by molar-refractivity contribution is 5.87. The van der Waals surface area contributed by atoms with Crippen molar-refractivity contribution in [1.29, 1.82) is 0 Å². The number of benzene rings is 2. The molecule has 2 aromatic heterocycles. The minimum atomic E-state index is -0.811. The first-order chi connectivity index (χ1) is 15.7. The lowest BCUT2D eigenvalue weighted by molar-refractivity contribution is 0.447. The molecule has 7 heteroatoms. The number of hydrogen-bond acceptors (Lipinski definition) is 4. The lowest BCUT2D eigenvalue weighted by atomic mass is 9.98. The van der Waals surface area contributed by atoms with Crippen molar-refractivity contribution in [2.75, 3.05) is 0 Å². The minimum absolute atomic E-state index is 0.0222. The zero-order valence-electron chi connectivity index (χ0n) is 18.2. The molecule has 2 N–H and O–H groups in total. The quantitative estimate of drug-likeness (QED) is 0.445. The average molecular weight is 448 g/mol. The fourth-order valence-corrected chi connectivity index (χ4v) is 4.42. The first-order valence-electron chi connectivity index (χ1n) is 10.7. The van der Waals surface area contributed by atoms with E-state index < -0.39 is 17.1 Å². The molecule has 0 radical (unpaired) electrons. The number of pyridine rings is 2. The Morgan fingerprint density at radius 1 is 1.03 bits per heavy atom. The monoisotopic (exact) mass is 448 g/mol. The summed E-state index contributed by atoms with van der Waals surface area (Å²) in [4.78, 5) is 17.6. The molecule has 0 saturated heterocycles. The molecule has 0 amide bonds. The number of nitrogens with zero attached hydrogens (tertiary/aromatic N) is 2. The molecule has 0 atom stereocenters. The van der Waals surface area contributed by atoms with Crippen molar-refractivity contribution in [3.8, 4) is 22.6 Å². The lowest BCUT2D eigenvalue weighted by Crippen LogP contribution is -2.17. The molecule has 1 fully saturated rings. The summed E-state index contributed by atoms with van der Waals surface area (Å²) in [7, 11) is 0. The largest absolute Gasteiger partial charge is 0.508 e. The molecule has 5 rings (SSSR count). The van der Waals surface area contributed by atoms with E-state index in [0.29, 0.717) is 28.1 Å². The summed E-state index contributed by atoms with van der Waals surface area (Å²) in [6.07, 6.45) is 3.35. The normalized spacial score (nSPS) is 13.6. The Morgan fingerprint density at radius 3 is 2.36 bits per heavy atom. The third-order valence-electron chi connectivity index (χ3n) is 6.04. The van der Waals surface area contributed by atoms with E-state index in [9.17, 15) is 15.0 Å². The molecule has 4 aromatic rings. The fourth-order valence-electron chi connectivity index (χ4n) is 4.42. The van der Waals surface area contributed by atoms with Crippen LogP contribution in [0.15, 0.2) is 47.4 Å². The minimum Gasteiger partial charge on any atom is -0.508 e. The molecular formula is C26H22F2N2O3. The number of aromatic nitrogens is 2. The predicted octanol–water partition coefficient (Wildman–Crippen LogP) is 5.30. The highest BCUT2D eigenvalue weighted by Gasteiger charge is 2.29. The van der Waals surface area contributed by atoms with Crippen LogP contribution >= 0.6 is 0 Å². The molecule has 2 aromatic carbocycles. The van der Waals surface area contributed by atoms with Gasteiger partial charge >= 0.3 is 0 Å². The number of hydrogen-bond donors (Lipinski definition) is 2. The predicted molar refractivity (Wildman–Crippen MR) is 122 cm³/mol. The molecule has 5 nitrogen and oxygen atoms in total. The Hall–Kier alpha value is -3.74. The van der Waals surface area contributed by atoms with Crippen molar-refractivity contribution in [2.45, 2.75) is 39.2 Å². The number of rotatable bonds is 4. The van der Waals surface area contributed by atoms with E-state index in [0.717, 1.165) is 18.9 Å². The van der Waals surface area contributed by atoms with Crippen molar-refractivity contribution < 1.29 is 19.0 Å². The highest BCUT2D eigenvalue weighted by atomic mass is 19.1. The van der Waals surface area contributed by atoms with E-state index >= 15 is 8.78 Å². The number of aryl methyl sites for hydroxylation is 2.